The van der Waals surface area contributed by atoms with E-state index in [0.29, 0.717) is 73.8 Å². The number of ether oxygens (including phenoxy) is 3. The van der Waals surface area contributed by atoms with Gasteiger partial charge < -0.3 is 40.2 Å². The molecule has 4 N–H and O–H groups in total. The first-order valence-electron chi connectivity index (χ1n) is 26.9. The van der Waals surface area contributed by atoms with Gasteiger partial charge >= 0.3 is 0 Å². The summed E-state index contributed by atoms with van der Waals surface area (Å²) in [5.41, 5.74) is 7.41. The molecule has 19 nitrogen and oxygen atoms in total. The predicted molar refractivity (Wildman–Crippen MR) is 293 cm³/mol. The molecule has 3 atom stereocenters. The van der Waals surface area contributed by atoms with Gasteiger partial charge in [0.05, 0.1) is 96.9 Å². The van der Waals surface area contributed by atoms with Gasteiger partial charge in [-0.25, -0.2) is 18.7 Å². The Balaban J connectivity index is 0.660. The number of aryl methyl sites for hydroxylation is 1. The molecule has 420 valence electrons. The van der Waals surface area contributed by atoms with Crippen molar-refractivity contribution in [2.75, 3.05) is 85.5 Å². The van der Waals surface area contributed by atoms with Crippen LogP contribution in [-0.4, -0.2) is 172 Å². The van der Waals surface area contributed by atoms with Crippen LogP contribution < -0.4 is 16.0 Å². The molecule has 3 aliphatic rings. The molecule has 3 aliphatic heterocycles. The molecule has 0 unspecified atom stereocenters. The van der Waals surface area contributed by atoms with Crippen molar-refractivity contribution in [3.63, 3.8) is 0 Å². The largest absolute Gasteiger partial charge is 0.391 e. The lowest BCUT2D eigenvalue weighted by Gasteiger charge is -2.35. The number of nitrogens with one attached hydrogen (secondary N) is 3. The van der Waals surface area contributed by atoms with Gasteiger partial charge in [-0.3, -0.25) is 38.6 Å². The highest BCUT2D eigenvalue weighted by molar-refractivity contribution is 7.13. The van der Waals surface area contributed by atoms with Crippen molar-refractivity contribution in [1.29, 1.82) is 0 Å². The van der Waals surface area contributed by atoms with Crippen LogP contribution in [0.2, 0.25) is 0 Å². The van der Waals surface area contributed by atoms with Crippen molar-refractivity contribution >= 4 is 46.0 Å². The van der Waals surface area contributed by atoms with E-state index < -0.39 is 47.1 Å². The van der Waals surface area contributed by atoms with Gasteiger partial charge in [0.15, 0.2) is 0 Å². The van der Waals surface area contributed by atoms with E-state index in [1.807, 2.05) is 73.8 Å². The van der Waals surface area contributed by atoms with E-state index in [4.69, 9.17) is 19.2 Å². The van der Waals surface area contributed by atoms with Crippen LogP contribution in [-0.2, 0) is 46.5 Å². The highest BCUT2D eigenvalue weighted by atomic mass is 32.1. The van der Waals surface area contributed by atoms with Gasteiger partial charge in [0, 0.05) is 81.7 Å². The first-order valence-corrected chi connectivity index (χ1v) is 27.7. The molecular formula is C57H69F2N11O8S. The molecule has 3 aromatic carbocycles. The number of carbonyl (C=O) groups is 4. The van der Waals surface area contributed by atoms with Crippen LogP contribution in [0.15, 0.2) is 78.7 Å². The minimum Gasteiger partial charge on any atom is -0.391 e. The molecule has 0 bridgehead atoms. The third kappa shape index (κ3) is 14.6. The number of halogens is 2. The maximum absolute atomic E-state index is 15.4. The molecule has 6 aromatic rings. The number of morpholine rings is 1. The lowest BCUT2D eigenvalue weighted by molar-refractivity contribution is -0.144. The molecule has 6 heterocycles. The van der Waals surface area contributed by atoms with Crippen LogP contribution in [0.25, 0.3) is 43.9 Å². The number of aliphatic hydroxyl groups excluding tert-OH is 1. The summed E-state index contributed by atoms with van der Waals surface area (Å²) in [7, 11) is 0. The SMILES string of the molecule is Cc1ncsc1-c1ccc(CNC(=O)[C@@H]2C[C@@H](O)CN2C(=O)[C@@H](NC(=O)COCCOCCNC(=O)CN2CCC(n3cc(-c4cnc5cccc(-c6cc(F)c(CN7CCOCC7)c(F)c6)c5n4)cn3)CC2)C(C)(C)C)cc1. The van der Waals surface area contributed by atoms with Crippen molar-refractivity contribution in [1.82, 2.24) is 55.4 Å². The highest BCUT2D eigenvalue weighted by Crippen LogP contribution is 2.33. The fraction of sp³-hybridized carbons (Fsp3) is 0.474. The van der Waals surface area contributed by atoms with Crippen molar-refractivity contribution in [2.24, 2.45) is 5.41 Å². The lowest BCUT2D eigenvalue weighted by Crippen LogP contribution is -2.58. The van der Waals surface area contributed by atoms with Crippen LogP contribution in [0, 0.1) is 24.0 Å². The topological polar surface area (TPSA) is 218 Å². The Morgan fingerprint density at radius 3 is 2.34 bits per heavy atom. The minimum absolute atomic E-state index is 0.0340. The number of fused-ring (bicyclic) bond motifs is 1. The number of rotatable bonds is 21. The van der Waals surface area contributed by atoms with Crippen molar-refractivity contribution in [3.05, 3.63) is 107 Å². The quantitative estimate of drug-likeness (QED) is 0.0674. The summed E-state index contributed by atoms with van der Waals surface area (Å²) in [5, 5.41) is 23.8. The molecule has 79 heavy (non-hydrogen) atoms. The smallest absolute Gasteiger partial charge is 0.246 e. The summed E-state index contributed by atoms with van der Waals surface area (Å²) in [6.45, 7) is 12.2. The Hall–Kier alpha value is -6.66. The number of carbonyl (C=O) groups excluding carboxylic acids is 4. The van der Waals surface area contributed by atoms with E-state index in [9.17, 15) is 24.3 Å². The van der Waals surface area contributed by atoms with Gasteiger partial charge in [-0.05, 0) is 60.1 Å². The van der Waals surface area contributed by atoms with Gasteiger partial charge in [-0.2, -0.15) is 5.10 Å². The molecule has 0 radical (unpaired) electrons. The first kappa shape index (κ1) is 57.0. The Labute approximate surface area is 462 Å². The van der Waals surface area contributed by atoms with Gasteiger partial charge in [0.1, 0.15) is 30.3 Å². The zero-order chi connectivity index (χ0) is 55.6. The monoisotopic (exact) mass is 1110 g/mol. The number of amides is 4. The number of β-amino-alcohol motifs (C(OH)–C–C–N with tert-alkyl or cyclic N) is 1. The fourth-order valence-electron chi connectivity index (χ4n) is 10.2. The van der Waals surface area contributed by atoms with Crippen LogP contribution >= 0.6 is 11.3 Å². The van der Waals surface area contributed by atoms with E-state index in [0.717, 1.165) is 40.1 Å². The molecule has 0 spiro atoms. The van der Waals surface area contributed by atoms with Gasteiger partial charge in [0.2, 0.25) is 23.6 Å². The summed E-state index contributed by atoms with van der Waals surface area (Å²) in [6.07, 6.45) is 6.10. The third-order valence-electron chi connectivity index (χ3n) is 14.6. The van der Waals surface area contributed by atoms with E-state index in [-0.39, 0.29) is 82.4 Å². The van der Waals surface area contributed by atoms with E-state index in [1.54, 1.807) is 41.4 Å². The number of aliphatic hydroxyl groups is 1. The Morgan fingerprint density at radius 2 is 1.62 bits per heavy atom. The standard InChI is InChI=1S/C57H69F2N11O8S/c1-36-53(79-35-63-36)38-10-8-37(9-11-38)27-62-55(74)49-26-42(71)31-69(49)56(75)54(57(2,3)4)66-51(73)34-78-23-22-76-19-14-60-50(72)33-67-15-12-41(13-16-67)70-30-40(28-64-70)48-29-61-47-7-5-6-43(52(47)65-48)39-24-45(58)44(46(59)25-39)32-68-17-20-77-21-18-68/h5-11,24-25,28-30,35,41-42,49,54,71H,12-23,26-27,31-34H2,1-4H3,(H,60,72)(H,62,74)(H,66,73)/t42-,49+,54-/m1/s1. The Morgan fingerprint density at radius 1 is 0.873 bits per heavy atom. The third-order valence-corrected chi connectivity index (χ3v) is 15.6. The van der Waals surface area contributed by atoms with E-state index in [1.165, 1.54) is 17.0 Å². The van der Waals surface area contributed by atoms with Crippen molar-refractivity contribution in [2.45, 2.75) is 84.3 Å². The van der Waals surface area contributed by atoms with E-state index in [2.05, 4.69) is 35.9 Å². The number of para-hydroxylation sites is 1. The number of likely N-dealkylation sites (tertiary alicyclic amines) is 2. The van der Waals surface area contributed by atoms with E-state index >= 15 is 8.78 Å². The summed E-state index contributed by atoms with van der Waals surface area (Å²) in [6, 6.07) is 14.2. The van der Waals surface area contributed by atoms with Crippen LogP contribution in [0.4, 0.5) is 8.78 Å². The predicted octanol–water partition coefficient (Wildman–Crippen LogP) is 5.30. The molecule has 3 saturated heterocycles. The van der Waals surface area contributed by atoms with Crippen LogP contribution in [0.3, 0.4) is 0 Å². The van der Waals surface area contributed by atoms with Crippen molar-refractivity contribution in [3.8, 4) is 32.8 Å². The Bertz CT molecular complexity index is 3060. The zero-order valence-corrected chi connectivity index (χ0v) is 45.9. The van der Waals surface area contributed by atoms with Gasteiger partial charge in [0.25, 0.3) is 0 Å². The lowest BCUT2D eigenvalue weighted by atomic mass is 9.85. The van der Waals surface area contributed by atoms with Gasteiger partial charge in [-0.1, -0.05) is 57.2 Å². The summed E-state index contributed by atoms with van der Waals surface area (Å²) in [5.74, 6) is -2.70. The number of hydrogen-bond acceptors (Lipinski definition) is 15. The molecule has 0 saturated carbocycles. The molecule has 3 aromatic heterocycles. The summed E-state index contributed by atoms with van der Waals surface area (Å²) < 4.78 is 49.4. The van der Waals surface area contributed by atoms with Crippen LogP contribution in [0.1, 0.15) is 62.9 Å². The highest BCUT2D eigenvalue weighted by Gasteiger charge is 2.44. The van der Waals surface area contributed by atoms with Crippen molar-refractivity contribution < 1.29 is 47.3 Å². The number of aromatic nitrogens is 5. The summed E-state index contributed by atoms with van der Waals surface area (Å²) >= 11 is 1.56. The molecule has 4 amide bonds. The maximum atomic E-state index is 15.4. The average molecular weight is 1110 g/mol. The molecule has 9 rings (SSSR count). The Kier molecular flexibility index (Phi) is 18.8. The number of piperidine rings is 1. The first-order chi connectivity index (χ1) is 38.1. The second kappa shape index (κ2) is 26.1. The molecule has 0 aliphatic carbocycles. The second-order valence-electron chi connectivity index (χ2n) is 21.4. The average Bonchev–Trinajstić information content (AvgIpc) is 4.36. The van der Waals surface area contributed by atoms with Gasteiger partial charge in [-0.15, -0.1) is 11.3 Å². The molecule has 22 heteroatoms. The van der Waals surface area contributed by atoms with Crippen LogP contribution in [0.5, 0.6) is 0 Å². The molecular weight excluding hydrogens is 1040 g/mol. The summed E-state index contributed by atoms with van der Waals surface area (Å²) in [4.78, 5) is 73.8. The number of benzene rings is 3. The molecule has 3 fully saturated rings. The minimum atomic E-state index is -0.996. The number of nitrogens with zero attached hydrogens (tertiary/aromatic N) is 8. The zero-order valence-electron chi connectivity index (χ0n) is 45.1. The fourth-order valence-corrected chi connectivity index (χ4v) is 11.0. The second-order valence-corrected chi connectivity index (χ2v) is 22.3. The number of hydrogen-bond donors (Lipinski definition) is 4. The normalized spacial score (nSPS) is 18.0. The number of thiazole rings is 1. The maximum Gasteiger partial charge on any atom is 0.246 e.